The Kier molecular flexibility index (Phi) is 4.92. The largest absolute Gasteiger partial charge is 0.469 e. The van der Waals surface area contributed by atoms with E-state index in [1.54, 1.807) is 23.7 Å². The van der Waals surface area contributed by atoms with E-state index in [2.05, 4.69) is 26.6 Å². The number of benzene rings is 1. The number of aromatic nitrogens is 3. The third kappa shape index (κ3) is 3.54. The number of hydrogen-bond donors (Lipinski definition) is 0. The van der Waals surface area contributed by atoms with Crippen molar-refractivity contribution in [3.05, 3.63) is 52.2 Å². The minimum Gasteiger partial charge on any atom is -0.469 e. The minimum atomic E-state index is 0.0234. The van der Waals surface area contributed by atoms with E-state index < -0.39 is 0 Å². The average Bonchev–Trinajstić information content (AvgIpc) is 3.52. The first-order valence-corrected chi connectivity index (χ1v) is 11.3. The number of carbonyl (C=O) groups excluding carboxylic acids is 1. The molecule has 152 valence electrons. The predicted molar refractivity (Wildman–Crippen MR) is 116 cm³/mol. The fraction of sp³-hybridized carbons (Fsp3) is 0.238. The molecule has 4 heterocycles. The number of carbonyl (C=O) groups is 1. The summed E-state index contributed by atoms with van der Waals surface area (Å²) in [6.45, 7) is 4.52. The van der Waals surface area contributed by atoms with Gasteiger partial charge in [-0.3, -0.25) is 4.79 Å². The first kappa shape index (κ1) is 19.1. The summed E-state index contributed by atoms with van der Waals surface area (Å²) in [7, 11) is 0. The van der Waals surface area contributed by atoms with E-state index in [0.717, 1.165) is 33.9 Å². The fourth-order valence-electron chi connectivity index (χ4n) is 3.50. The first-order valence-electron chi connectivity index (χ1n) is 9.45. The van der Waals surface area contributed by atoms with Gasteiger partial charge in [-0.2, -0.15) is 0 Å². The molecule has 0 aliphatic carbocycles. The van der Waals surface area contributed by atoms with Crippen LogP contribution in [0, 0.1) is 13.8 Å². The van der Waals surface area contributed by atoms with Crippen LogP contribution < -0.4 is 4.90 Å². The Morgan fingerprint density at radius 2 is 2.17 bits per heavy atom. The number of anilines is 1. The molecule has 0 N–H and O–H groups in total. The summed E-state index contributed by atoms with van der Waals surface area (Å²) in [5, 5.41) is 11.6. The zero-order chi connectivity index (χ0) is 20.7. The van der Waals surface area contributed by atoms with Crippen LogP contribution in [0.15, 0.2) is 50.0 Å². The molecule has 1 aliphatic heterocycles. The Bertz CT molecular complexity index is 1230. The van der Waals surface area contributed by atoms with Crippen molar-refractivity contribution < 1.29 is 13.6 Å². The molecule has 0 radical (unpaired) electrons. The summed E-state index contributed by atoms with van der Waals surface area (Å²) in [6.07, 6.45) is 2.42. The predicted octanol–water partition coefficient (Wildman–Crippen LogP) is 4.75. The second-order valence-corrected chi connectivity index (χ2v) is 8.93. The van der Waals surface area contributed by atoms with Crippen molar-refractivity contribution in [2.45, 2.75) is 25.5 Å². The van der Waals surface area contributed by atoms with Crippen LogP contribution in [0.4, 0.5) is 5.69 Å². The van der Waals surface area contributed by atoms with Gasteiger partial charge in [-0.15, -0.1) is 21.5 Å². The lowest BCUT2D eigenvalue weighted by Gasteiger charge is -2.16. The molecule has 4 aromatic rings. The Balaban J connectivity index is 1.26. The fourth-order valence-corrected chi connectivity index (χ4v) is 4.76. The topological polar surface area (TPSA) is 85.3 Å². The summed E-state index contributed by atoms with van der Waals surface area (Å²) < 4.78 is 10.9. The molecule has 0 unspecified atom stereocenters. The van der Waals surface area contributed by atoms with Crippen LogP contribution in [0.1, 0.15) is 16.3 Å². The zero-order valence-corrected chi connectivity index (χ0v) is 18.0. The molecule has 5 rings (SSSR count). The average molecular weight is 439 g/mol. The van der Waals surface area contributed by atoms with Gasteiger partial charge in [-0.1, -0.05) is 17.8 Å². The summed E-state index contributed by atoms with van der Waals surface area (Å²) in [5.41, 5.74) is 4.99. The third-order valence-corrected chi connectivity index (χ3v) is 6.58. The van der Waals surface area contributed by atoms with E-state index in [-0.39, 0.29) is 11.7 Å². The van der Waals surface area contributed by atoms with Crippen molar-refractivity contribution in [1.29, 1.82) is 0 Å². The molecule has 9 heteroatoms. The minimum absolute atomic E-state index is 0.0234. The molecule has 0 saturated carbocycles. The number of rotatable bonds is 5. The van der Waals surface area contributed by atoms with Crippen molar-refractivity contribution >= 4 is 34.7 Å². The van der Waals surface area contributed by atoms with Gasteiger partial charge in [0, 0.05) is 23.2 Å². The summed E-state index contributed by atoms with van der Waals surface area (Å²) in [5.74, 6) is 1.37. The van der Waals surface area contributed by atoms with Crippen LogP contribution in [-0.2, 0) is 11.2 Å². The highest BCUT2D eigenvalue weighted by Gasteiger charge is 2.26. The highest BCUT2D eigenvalue weighted by atomic mass is 32.2. The number of thioether (sulfide) groups is 1. The van der Waals surface area contributed by atoms with Crippen molar-refractivity contribution in [3.63, 3.8) is 0 Å². The monoisotopic (exact) mass is 438 g/mol. The van der Waals surface area contributed by atoms with E-state index in [1.165, 1.54) is 17.3 Å². The number of thiazole rings is 1. The lowest BCUT2D eigenvalue weighted by atomic mass is 10.1. The molecule has 3 aromatic heterocycles. The molecule has 1 aromatic carbocycles. The Labute approximate surface area is 181 Å². The molecular formula is C21H18N4O3S2. The molecular weight excluding hydrogens is 420 g/mol. The molecule has 7 nitrogen and oxygen atoms in total. The highest BCUT2D eigenvalue weighted by molar-refractivity contribution is 7.99. The van der Waals surface area contributed by atoms with E-state index in [4.69, 9.17) is 8.83 Å². The molecule has 30 heavy (non-hydrogen) atoms. The second-order valence-electron chi connectivity index (χ2n) is 6.94. The number of furan rings is 1. The van der Waals surface area contributed by atoms with Crippen LogP contribution in [0.2, 0.25) is 0 Å². The van der Waals surface area contributed by atoms with Gasteiger partial charge in [-0.05, 0) is 44.0 Å². The van der Waals surface area contributed by atoms with Gasteiger partial charge in [0.05, 0.1) is 28.3 Å². The summed E-state index contributed by atoms with van der Waals surface area (Å²) in [6, 6.07) is 7.97. The number of aryl methyl sites for hydroxylation is 2. The van der Waals surface area contributed by atoms with Crippen LogP contribution in [0.25, 0.3) is 22.7 Å². The number of nitrogens with zero attached hydrogens (tertiary/aromatic N) is 4. The Morgan fingerprint density at radius 3 is 2.93 bits per heavy atom. The summed E-state index contributed by atoms with van der Waals surface area (Å²) in [4.78, 5) is 19.2. The quantitative estimate of drug-likeness (QED) is 0.416. The molecule has 1 amide bonds. The van der Waals surface area contributed by atoms with Crippen LogP contribution in [-0.4, -0.2) is 33.4 Å². The van der Waals surface area contributed by atoms with Crippen molar-refractivity contribution in [3.8, 4) is 22.7 Å². The second kappa shape index (κ2) is 7.73. The maximum atomic E-state index is 12.8. The molecule has 0 spiro atoms. The van der Waals surface area contributed by atoms with E-state index in [0.29, 0.717) is 23.4 Å². The third-order valence-electron chi connectivity index (χ3n) is 5.01. The van der Waals surface area contributed by atoms with Crippen molar-refractivity contribution in [1.82, 2.24) is 15.2 Å². The van der Waals surface area contributed by atoms with Gasteiger partial charge in [0.25, 0.3) is 11.1 Å². The van der Waals surface area contributed by atoms with Gasteiger partial charge < -0.3 is 13.7 Å². The van der Waals surface area contributed by atoms with Crippen molar-refractivity contribution in [2.24, 2.45) is 0 Å². The van der Waals surface area contributed by atoms with Crippen LogP contribution in [0.3, 0.4) is 0 Å². The SMILES string of the molecule is Cc1nc(-c2ccc3c(c2)CCN3C(=O)CSc2nnc(-c3ccoc3C)o2)cs1. The summed E-state index contributed by atoms with van der Waals surface area (Å²) >= 11 is 2.89. The Morgan fingerprint density at radius 1 is 1.27 bits per heavy atom. The first-order chi connectivity index (χ1) is 14.6. The lowest BCUT2D eigenvalue weighted by Crippen LogP contribution is -2.30. The molecule has 0 atom stereocenters. The van der Waals surface area contributed by atoms with Crippen molar-refractivity contribution in [2.75, 3.05) is 17.2 Å². The van der Waals surface area contributed by atoms with Crippen LogP contribution in [0.5, 0.6) is 0 Å². The van der Waals surface area contributed by atoms with E-state index in [1.807, 2.05) is 30.9 Å². The number of fused-ring (bicyclic) bond motifs is 1. The van der Waals surface area contributed by atoms with Gasteiger partial charge >= 0.3 is 0 Å². The molecule has 0 fully saturated rings. The van der Waals surface area contributed by atoms with Crippen LogP contribution >= 0.6 is 23.1 Å². The smallest absolute Gasteiger partial charge is 0.277 e. The highest BCUT2D eigenvalue weighted by Crippen LogP contribution is 2.34. The maximum Gasteiger partial charge on any atom is 0.277 e. The zero-order valence-electron chi connectivity index (χ0n) is 16.4. The molecule has 0 saturated heterocycles. The Hall–Kier alpha value is -2.91. The van der Waals surface area contributed by atoms with Gasteiger partial charge in [0.2, 0.25) is 5.91 Å². The normalized spacial score (nSPS) is 13.1. The van der Waals surface area contributed by atoms with Gasteiger partial charge in [-0.25, -0.2) is 4.98 Å². The molecule has 1 aliphatic rings. The van der Waals surface area contributed by atoms with Gasteiger partial charge in [0.1, 0.15) is 5.76 Å². The van der Waals surface area contributed by atoms with E-state index in [9.17, 15) is 4.79 Å². The lowest BCUT2D eigenvalue weighted by molar-refractivity contribution is -0.116. The number of amides is 1. The maximum absolute atomic E-state index is 12.8. The van der Waals surface area contributed by atoms with E-state index >= 15 is 0 Å². The number of hydrogen-bond acceptors (Lipinski definition) is 8. The van der Waals surface area contributed by atoms with Gasteiger partial charge in [0.15, 0.2) is 0 Å². The standard InChI is InChI=1S/C21H18N4O3S2/c1-12-16(6-8-27-12)20-23-24-21(28-20)30-11-19(26)25-7-5-15-9-14(3-4-18(15)25)17-10-29-13(2)22-17/h3-4,6,8-10H,5,7,11H2,1-2H3. The molecule has 0 bridgehead atoms.